The van der Waals surface area contributed by atoms with Gasteiger partial charge >= 0.3 is 0 Å². The molecule has 0 atom stereocenters. The molecule has 0 amide bonds. The molecule has 2 aromatic rings. The lowest BCUT2D eigenvalue weighted by molar-refractivity contribution is 0.542. The van der Waals surface area contributed by atoms with Crippen molar-refractivity contribution in [3.05, 3.63) is 35.7 Å². The fourth-order valence-corrected chi connectivity index (χ4v) is 2.19. The van der Waals surface area contributed by atoms with Crippen molar-refractivity contribution in [2.24, 2.45) is 0 Å². The lowest BCUT2D eigenvalue weighted by Gasteiger charge is -2.11. The number of nitrogens with zero attached hydrogens (tertiary/aromatic N) is 2. The van der Waals surface area contributed by atoms with Crippen molar-refractivity contribution in [1.82, 2.24) is 4.98 Å². The Morgan fingerprint density at radius 3 is 3.00 bits per heavy atom. The zero-order chi connectivity index (χ0) is 11.1. The second kappa shape index (κ2) is 3.37. The summed E-state index contributed by atoms with van der Waals surface area (Å²) in [6.07, 6.45) is 2.87. The van der Waals surface area contributed by atoms with Crippen LogP contribution in [-0.2, 0) is 6.42 Å². The summed E-state index contributed by atoms with van der Waals surface area (Å²) < 4.78 is 5.53. The smallest absolute Gasteiger partial charge is 0.226 e. The molecule has 3 nitrogen and oxygen atoms in total. The second-order valence-corrected chi connectivity index (χ2v) is 4.29. The topological polar surface area (TPSA) is 29.3 Å². The summed E-state index contributed by atoms with van der Waals surface area (Å²) in [6.45, 7) is 3.01. The highest BCUT2D eigenvalue weighted by Gasteiger charge is 2.16. The number of rotatable bonds is 1. The van der Waals surface area contributed by atoms with Gasteiger partial charge in [-0.2, -0.15) is 0 Å². The van der Waals surface area contributed by atoms with Crippen molar-refractivity contribution in [1.29, 1.82) is 0 Å². The molecule has 3 rings (SSSR count). The first-order chi connectivity index (χ1) is 7.74. The SMILES string of the molecule is Cc1cnc(-c2ccc3c(c2)CCN3C)o1. The molecule has 0 aliphatic carbocycles. The summed E-state index contributed by atoms with van der Waals surface area (Å²) in [5, 5.41) is 0. The Kier molecular flexibility index (Phi) is 1.99. The highest BCUT2D eigenvalue weighted by Crippen LogP contribution is 2.30. The van der Waals surface area contributed by atoms with Crippen LogP contribution in [0.3, 0.4) is 0 Å². The molecule has 1 aromatic carbocycles. The van der Waals surface area contributed by atoms with Gasteiger partial charge in [-0.05, 0) is 37.1 Å². The first-order valence-corrected chi connectivity index (χ1v) is 5.51. The molecule has 16 heavy (non-hydrogen) atoms. The van der Waals surface area contributed by atoms with Gasteiger partial charge in [-0.15, -0.1) is 0 Å². The Balaban J connectivity index is 2.05. The Labute approximate surface area is 94.7 Å². The minimum absolute atomic E-state index is 0.717. The van der Waals surface area contributed by atoms with Crippen molar-refractivity contribution in [3.63, 3.8) is 0 Å². The van der Waals surface area contributed by atoms with Crippen LogP contribution in [0.2, 0.25) is 0 Å². The van der Waals surface area contributed by atoms with E-state index < -0.39 is 0 Å². The maximum absolute atomic E-state index is 5.53. The number of likely N-dealkylation sites (N-methyl/N-ethyl adjacent to an activating group) is 1. The van der Waals surface area contributed by atoms with Crippen molar-refractivity contribution in [2.75, 3.05) is 18.5 Å². The van der Waals surface area contributed by atoms with Gasteiger partial charge < -0.3 is 9.32 Å². The third kappa shape index (κ3) is 1.40. The molecular weight excluding hydrogens is 200 g/mol. The third-order valence-electron chi connectivity index (χ3n) is 3.08. The summed E-state index contributed by atoms with van der Waals surface area (Å²) >= 11 is 0. The van der Waals surface area contributed by atoms with Crippen molar-refractivity contribution >= 4 is 5.69 Å². The van der Waals surface area contributed by atoms with E-state index in [2.05, 4.69) is 35.1 Å². The van der Waals surface area contributed by atoms with E-state index in [0.717, 1.165) is 30.2 Å². The van der Waals surface area contributed by atoms with Crippen LogP contribution in [0.4, 0.5) is 5.69 Å². The van der Waals surface area contributed by atoms with Gasteiger partial charge in [-0.25, -0.2) is 4.98 Å². The zero-order valence-corrected chi connectivity index (χ0v) is 9.53. The van der Waals surface area contributed by atoms with E-state index in [1.165, 1.54) is 11.3 Å². The summed E-state index contributed by atoms with van der Waals surface area (Å²) in [5.41, 5.74) is 3.78. The van der Waals surface area contributed by atoms with Crippen LogP contribution < -0.4 is 4.90 Å². The molecule has 1 aliphatic rings. The summed E-state index contributed by atoms with van der Waals surface area (Å²) in [5.74, 6) is 1.57. The highest BCUT2D eigenvalue weighted by atomic mass is 16.4. The Bertz CT molecular complexity index is 530. The Morgan fingerprint density at radius 1 is 1.38 bits per heavy atom. The van der Waals surface area contributed by atoms with Crippen LogP contribution in [0.5, 0.6) is 0 Å². The van der Waals surface area contributed by atoms with Gasteiger partial charge in [0, 0.05) is 24.8 Å². The molecule has 1 aliphatic heterocycles. The van der Waals surface area contributed by atoms with Crippen LogP contribution in [0.1, 0.15) is 11.3 Å². The molecule has 0 saturated heterocycles. The maximum Gasteiger partial charge on any atom is 0.226 e. The molecule has 0 unspecified atom stereocenters. The summed E-state index contributed by atoms with van der Waals surface area (Å²) in [4.78, 5) is 6.53. The molecule has 2 heterocycles. The number of hydrogen-bond acceptors (Lipinski definition) is 3. The van der Waals surface area contributed by atoms with Gasteiger partial charge in [0.05, 0.1) is 6.20 Å². The van der Waals surface area contributed by atoms with Crippen LogP contribution >= 0.6 is 0 Å². The number of oxazole rings is 1. The third-order valence-corrected chi connectivity index (χ3v) is 3.08. The molecule has 1 aromatic heterocycles. The summed E-state index contributed by atoms with van der Waals surface area (Å²) in [6, 6.07) is 6.41. The fraction of sp³-hybridized carbons (Fsp3) is 0.308. The lowest BCUT2D eigenvalue weighted by atomic mass is 10.1. The van der Waals surface area contributed by atoms with Crippen LogP contribution in [0.25, 0.3) is 11.5 Å². The largest absolute Gasteiger partial charge is 0.441 e. The van der Waals surface area contributed by atoms with Crippen molar-refractivity contribution in [2.45, 2.75) is 13.3 Å². The predicted molar refractivity (Wildman–Crippen MR) is 63.7 cm³/mol. The zero-order valence-electron chi connectivity index (χ0n) is 9.53. The van der Waals surface area contributed by atoms with Crippen molar-refractivity contribution < 1.29 is 4.42 Å². The molecule has 3 heteroatoms. The lowest BCUT2D eigenvalue weighted by Crippen LogP contribution is -2.12. The van der Waals surface area contributed by atoms with Gasteiger partial charge in [0.15, 0.2) is 0 Å². The van der Waals surface area contributed by atoms with Gasteiger partial charge in [-0.1, -0.05) is 0 Å². The number of aromatic nitrogens is 1. The molecule has 0 fully saturated rings. The molecular formula is C13H14N2O. The Hall–Kier alpha value is -1.77. The van der Waals surface area contributed by atoms with E-state index in [1.54, 1.807) is 6.20 Å². The average Bonchev–Trinajstić information content (AvgIpc) is 2.86. The predicted octanol–water partition coefficient (Wildman–Crippen LogP) is 2.64. The number of aryl methyl sites for hydroxylation is 1. The molecule has 0 N–H and O–H groups in total. The van der Waals surface area contributed by atoms with E-state index in [-0.39, 0.29) is 0 Å². The second-order valence-electron chi connectivity index (χ2n) is 4.29. The van der Waals surface area contributed by atoms with Crippen molar-refractivity contribution in [3.8, 4) is 11.5 Å². The highest BCUT2D eigenvalue weighted by molar-refractivity contribution is 5.66. The van der Waals surface area contributed by atoms with E-state index in [0.29, 0.717) is 0 Å². The monoisotopic (exact) mass is 214 g/mol. The van der Waals surface area contributed by atoms with Crippen LogP contribution in [0, 0.1) is 6.92 Å². The van der Waals surface area contributed by atoms with Gasteiger partial charge in [0.25, 0.3) is 0 Å². The van der Waals surface area contributed by atoms with Crippen LogP contribution in [-0.4, -0.2) is 18.6 Å². The number of anilines is 1. The normalized spacial score (nSPS) is 14.2. The minimum atomic E-state index is 0.717. The minimum Gasteiger partial charge on any atom is -0.441 e. The fourth-order valence-electron chi connectivity index (χ4n) is 2.19. The molecule has 0 spiro atoms. The van der Waals surface area contributed by atoms with E-state index >= 15 is 0 Å². The van der Waals surface area contributed by atoms with E-state index in [1.807, 2.05) is 6.92 Å². The first kappa shape index (κ1) is 9.46. The summed E-state index contributed by atoms with van der Waals surface area (Å²) in [7, 11) is 2.13. The molecule has 0 radical (unpaired) electrons. The number of benzene rings is 1. The number of fused-ring (bicyclic) bond motifs is 1. The standard InChI is InChI=1S/C13H14N2O/c1-9-8-14-13(16-9)11-3-4-12-10(7-11)5-6-15(12)2/h3-4,7-8H,5-6H2,1-2H3. The number of hydrogen-bond donors (Lipinski definition) is 0. The molecule has 0 bridgehead atoms. The van der Waals surface area contributed by atoms with E-state index in [4.69, 9.17) is 4.42 Å². The van der Waals surface area contributed by atoms with Crippen LogP contribution in [0.15, 0.2) is 28.8 Å². The molecule has 82 valence electrons. The maximum atomic E-state index is 5.53. The Morgan fingerprint density at radius 2 is 2.25 bits per heavy atom. The van der Waals surface area contributed by atoms with Gasteiger partial charge in [-0.3, -0.25) is 0 Å². The molecule has 0 saturated carbocycles. The first-order valence-electron chi connectivity index (χ1n) is 5.51. The van der Waals surface area contributed by atoms with Gasteiger partial charge in [0.1, 0.15) is 5.76 Å². The average molecular weight is 214 g/mol. The van der Waals surface area contributed by atoms with E-state index in [9.17, 15) is 0 Å². The van der Waals surface area contributed by atoms with Gasteiger partial charge in [0.2, 0.25) is 5.89 Å². The quantitative estimate of drug-likeness (QED) is 0.730.